The molecular weight excluding hydrogens is 223 g/mol. The molecule has 0 bridgehead atoms. The molecule has 0 saturated heterocycles. The van der Waals surface area contributed by atoms with E-state index < -0.39 is 17.9 Å². The molecule has 1 atom stereocenters. The summed E-state index contributed by atoms with van der Waals surface area (Å²) in [5, 5.41) is 0.116. The van der Waals surface area contributed by atoms with Crippen LogP contribution in [-0.2, 0) is 9.53 Å². The second kappa shape index (κ2) is 4.98. The van der Waals surface area contributed by atoms with E-state index in [0.717, 1.165) is 6.07 Å². The van der Waals surface area contributed by atoms with Crippen molar-refractivity contribution in [1.29, 1.82) is 0 Å². The molecule has 0 heterocycles. The number of carbonyl (C=O) groups excluding carboxylic acids is 1. The largest absolute Gasteiger partial charge is 0.477 e. The van der Waals surface area contributed by atoms with Gasteiger partial charge in [-0.1, -0.05) is 11.6 Å². The first-order chi connectivity index (χ1) is 7.04. The van der Waals surface area contributed by atoms with E-state index in [-0.39, 0.29) is 10.8 Å². The van der Waals surface area contributed by atoms with E-state index in [4.69, 9.17) is 16.3 Å². The Balaban J connectivity index is 2.76. The van der Waals surface area contributed by atoms with Crippen molar-refractivity contribution >= 4 is 17.6 Å². The molecule has 0 N–H and O–H groups in total. The smallest absolute Gasteiger partial charge is 0.346 e. The van der Waals surface area contributed by atoms with Gasteiger partial charge in [0.1, 0.15) is 11.6 Å². The van der Waals surface area contributed by atoms with Crippen molar-refractivity contribution in [1.82, 2.24) is 0 Å². The van der Waals surface area contributed by atoms with E-state index in [2.05, 4.69) is 4.74 Å². The Morgan fingerprint density at radius 3 is 2.73 bits per heavy atom. The minimum absolute atomic E-state index is 0.116. The molecule has 0 spiro atoms. The van der Waals surface area contributed by atoms with Crippen molar-refractivity contribution in [2.75, 3.05) is 7.11 Å². The van der Waals surface area contributed by atoms with Crippen molar-refractivity contribution in [3.05, 3.63) is 29.0 Å². The molecule has 1 aromatic carbocycles. The van der Waals surface area contributed by atoms with Gasteiger partial charge in [0.05, 0.1) is 12.1 Å². The fraction of sp³-hybridized carbons (Fsp3) is 0.300. The summed E-state index contributed by atoms with van der Waals surface area (Å²) in [5.41, 5.74) is 0. The van der Waals surface area contributed by atoms with E-state index >= 15 is 0 Å². The van der Waals surface area contributed by atoms with Crippen LogP contribution in [0.3, 0.4) is 0 Å². The highest BCUT2D eigenvalue weighted by Gasteiger charge is 2.16. The normalized spacial score (nSPS) is 12.0. The van der Waals surface area contributed by atoms with Crippen molar-refractivity contribution in [2.24, 2.45) is 0 Å². The fourth-order valence-electron chi connectivity index (χ4n) is 0.975. The van der Waals surface area contributed by atoms with Gasteiger partial charge in [0.2, 0.25) is 0 Å². The molecular formula is C10H10ClFO3. The molecule has 5 heteroatoms. The molecule has 0 aliphatic carbocycles. The highest BCUT2D eigenvalue weighted by atomic mass is 35.5. The minimum Gasteiger partial charge on any atom is -0.477 e. The Bertz CT molecular complexity index is 368. The SMILES string of the molecule is COC(=O)[C@H](C)Oc1ccc(F)cc1Cl. The lowest BCUT2D eigenvalue weighted by Gasteiger charge is -2.13. The molecule has 0 amide bonds. The van der Waals surface area contributed by atoms with Crippen molar-refractivity contribution in [3.63, 3.8) is 0 Å². The third-order valence-electron chi connectivity index (χ3n) is 1.73. The Morgan fingerprint density at radius 2 is 2.20 bits per heavy atom. The topological polar surface area (TPSA) is 35.5 Å². The quantitative estimate of drug-likeness (QED) is 0.751. The lowest BCUT2D eigenvalue weighted by molar-refractivity contribution is -0.147. The van der Waals surface area contributed by atoms with Gasteiger partial charge in [0, 0.05) is 0 Å². The summed E-state index contributed by atoms with van der Waals surface area (Å²) in [4.78, 5) is 11.0. The Kier molecular flexibility index (Phi) is 3.91. The lowest BCUT2D eigenvalue weighted by atomic mass is 10.3. The van der Waals surface area contributed by atoms with Crippen LogP contribution in [-0.4, -0.2) is 19.2 Å². The highest BCUT2D eigenvalue weighted by molar-refractivity contribution is 6.32. The van der Waals surface area contributed by atoms with Crippen LogP contribution in [0.25, 0.3) is 0 Å². The average molecular weight is 233 g/mol. The number of hydrogen-bond donors (Lipinski definition) is 0. The van der Waals surface area contributed by atoms with Gasteiger partial charge in [0.25, 0.3) is 0 Å². The Morgan fingerprint density at radius 1 is 1.53 bits per heavy atom. The number of rotatable bonds is 3. The number of esters is 1. The predicted octanol–water partition coefficient (Wildman–Crippen LogP) is 2.42. The number of hydrogen-bond acceptors (Lipinski definition) is 3. The van der Waals surface area contributed by atoms with E-state index in [1.165, 1.54) is 26.2 Å². The third kappa shape index (κ3) is 3.09. The lowest BCUT2D eigenvalue weighted by Crippen LogP contribution is -2.25. The first kappa shape index (κ1) is 11.8. The first-order valence-electron chi connectivity index (χ1n) is 4.24. The van der Waals surface area contributed by atoms with Crippen LogP contribution in [0.1, 0.15) is 6.92 Å². The summed E-state index contributed by atoms with van der Waals surface area (Å²) in [6, 6.07) is 3.67. The van der Waals surface area contributed by atoms with E-state index in [9.17, 15) is 9.18 Å². The zero-order chi connectivity index (χ0) is 11.4. The average Bonchev–Trinajstić information content (AvgIpc) is 2.20. The van der Waals surface area contributed by atoms with Gasteiger partial charge in [-0.25, -0.2) is 9.18 Å². The summed E-state index contributed by atoms with van der Waals surface area (Å²) in [6.07, 6.45) is -0.780. The van der Waals surface area contributed by atoms with Crippen molar-refractivity contribution in [3.8, 4) is 5.75 Å². The molecule has 82 valence electrons. The highest BCUT2D eigenvalue weighted by Crippen LogP contribution is 2.25. The number of ether oxygens (including phenoxy) is 2. The van der Waals surface area contributed by atoms with Crippen LogP contribution in [0, 0.1) is 5.82 Å². The van der Waals surface area contributed by atoms with E-state index in [1.807, 2.05) is 0 Å². The van der Waals surface area contributed by atoms with Crippen molar-refractivity contribution < 1.29 is 18.7 Å². The molecule has 0 aromatic heterocycles. The zero-order valence-electron chi connectivity index (χ0n) is 8.29. The standard InChI is InChI=1S/C10H10ClFO3/c1-6(10(13)14-2)15-9-4-3-7(12)5-8(9)11/h3-6H,1-2H3/t6-/m0/s1. The van der Waals surface area contributed by atoms with Crippen LogP contribution >= 0.6 is 11.6 Å². The first-order valence-corrected chi connectivity index (χ1v) is 4.62. The molecule has 1 rings (SSSR count). The van der Waals surface area contributed by atoms with Gasteiger partial charge in [-0.15, -0.1) is 0 Å². The van der Waals surface area contributed by atoms with Gasteiger partial charge >= 0.3 is 5.97 Å². The molecule has 15 heavy (non-hydrogen) atoms. The van der Waals surface area contributed by atoms with Crippen LogP contribution in [0.4, 0.5) is 4.39 Å². The minimum atomic E-state index is -0.780. The number of methoxy groups -OCH3 is 1. The predicted molar refractivity (Wildman–Crippen MR) is 53.5 cm³/mol. The second-order valence-corrected chi connectivity index (χ2v) is 3.27. The number of benzene rings is 1. The monoisotopic (exact) mass is 232 g/mol. The maximum atomic E-state index is 12.7. The number of carbonyl (C=O) groups is 1. The summed E-state index contributed by atoms with van der Waals surface area (Å²) < 4.78 is 22.3. The maximum Gasteiger partial charge on any atom is 0.346 e. The molecule has 3 nitrogen and oxygen atoms in total. The summed E-state index contributed by atoms with van der Waals surface area (Å²) in [6.45, 7) is 1.52. The third-order valence-corrected chi connectivity index (χ3v) is 2.03. The zero-order valence-corrected chi connectivity index (χ0v) is 9.05. The fourth-order valence-corrected chi connectivity index (χ4v) is 1.19. The summed E-state index contributed by atoms with van der Waals surface area (Å²) >= 11 is 5.70. The number of halogens is 2. The van der Waals surface area contributed by atoms with Crippen LogP contribution in [0.5, 0.6) is 5.75 Å². The molecule has 0 fully saturated rings. The van der Waals surface area contributed by atoms with E-state index in [1.54, 1.807) is 0 Å². The van der Waals surface area contributed by atoms with Gasteiger partial charge in [-0.3, -0.25) is 0 Å². The summed E-state index contributed by atoms with van der Waals surface area (Å²) in [5.74, 6) is -0.732. The van der Waals surface area contributed by atoms with Gasteiger partial charge < -0.3 is 9.47 Å². The van der Waals surface area contributed by atoms with Gasteiger partial charge in [-0.2, -0.15) is 0 Å². The molecule has 0 radical (unpaired) electrons. The second-order valence-electron chi connectivity index (χ2n) is 2.86. The Hall–Kier alpha value is -1.29. The van der Waals surface area contributed by atoms with E-state index in [0.29, 0.717) is 0 Å². The van der Waals surface area contributed by atoms with Crippen molar-refractivity contribution in [2.45, 2.75) is 13.0 Å². The van der Waals surface area contributed by atoms with Crippen LogP contribution in [0.2, 0.25) is 5.02 Å². The van der Waals surface area contributed by atoms with Crippen LogP contribution in [0.15, 0.2) is 18.2 Å². The maximum absolute atomic E-state index is 12.7. The molecule has 0 unspecified atom stereocenters. The molecule has 1 aromatic rings. The van der Waals surface area contributed by atoms with Crippen LogP contribution < -0.4 is 4.74 Å². The molecule has 0 saturated carbocycles. The Labute approximate surface area is 91.7 Å². The summed E-state index contributed by atoms with van der Waals surface area (Å²) in [7, 11) is 1.26. The van der Waals surface area contributed by atoms with Gasteiger partial charge in [0.15, 0.2) is 6.10 Å². The van der Waals surface area contributed by atoms with Gasteiger partial charge in [-0.05, 0) is 25.1 Å². The molecule has 0 aliphatic heterocycles. The molecule has 0 aliphatic rings.